The number of rotatable bonds is 14. The summed E-state index contributed by atoms with van der Waals surface area (Å²) >= 11 is 0. The van der Waals surface area contributed by atoms with Crippen molar-refractivity contribution in [3.63, 3.8) is 0 Å². The van der Waals surface area contributed by atoms with Crippen molar-refractivity contribution in [3.05, 3.63) is 0 Å². The van der Waals surface area contributed by atoms with Gasteiger partial charge in [-0.05, 0) is 149 Å². The fraction of sp³-hybridized carbons (Fsp3) is 1.00. The molecule has 0 spiro atoms. The number of hydrogen-bond acceptors (Lipinski definition) is 4. The van der Waals surface area contributed by atoms with E-state index in [-0.39, 0.29) is 6.10 Å². The van der Waals surface area contributed by atoms with Crippen LogP contribution in [0.4, 0.5) is 0 Å². The van der Waals surface area contributed by atoms with Crippen LogP contribution in [-0.2, 0) is 0 Å². The summed E-state index contributed by atoms with van der Waals surface area (Å²) in [6, 6.07) is 0.644. The van der Waals surface area contributed by atoms with E-state index in [0.29, 0.717) is 28.7 Å². The molecule has 0 aromatic carbocycles. The van der Waals surface area contributed by atoms with Crippen LogP contribution in [0.2, 0.25) is 0 Å². The molecule has 5 unspecified atom stereocenters. The molecule has 4 fully saturated rings. The molecule has 0 saturated heterocycles. The van der Waals surface area contributed by atoms with Crippen molar-refractivity contribution in [2.75, 3.05) is 26.2 Å². The van der Waals surface area contributed by atoms with Crippen LogP contribution in [0.3, 0.4) is 0 Å². The maximum Gasteiger partial charge on any atom is 0.0577 e. The quantitative estimate of drug-likeness (QED) is 0.187. The number of hydrogen-bond donors (Lipinski definition) is 4. The Labute approximate surface area is 236 Å². The Morgan fingerprint density at radius 3 is 2.32 bits per heavy atom. The topological polar surface area (TPSA) is 70.3 Å². The first-order chi connectivity index (χ1) is 18.2. The predicted molar refractivity (Wildman–Crippen MR) is 162 cm³/mol. The third-order valence-electron chi connectivity index (χ3n) is 12.7. The first-order valence-corrected chi connectivity index (χ1v) is 17.0. The van der Waals surface area contributed by atoms with Gasteiger partial charge >= 0.3 is 0 Å². The van der Waals surface area contributed by atoms with E-state index < -0.39 is 0 Å². The molecule has 0 aromatic heterocycles. The van der Waals surface area contributed by atoms with Gasteiger partial charge in [-0.2, -0.15) is 0 Å². The zero-order chi connectivity index (χ0) is 27.3. The van der Waals surface area contributed by atoms with Gasteiger partial charge in [-0.1, -0.05) is 53.9 Å². The van der Waals surface area contributed by atoms with Gasteiger partial charge in [-0.15, -0.1) is 0 Å². The van der Waals surface area contributed by atoms with Crippen molar-refractivity contribution < 1.29 is 5.11 Å². The molecule has 4 heteroatoms. The highest BCUT2D eigenvalue weighted by molar-refractivity contribution is 5.12. The Morgan fingerprint density at radius 1 is 0.816 bits per heavy atom. The zero-order valence-electron chi connectivity index (χ0n) is 25.9. The lowest BCUT2D eigenvalue weighted by molar-refractivity contribution is -0.167. The second-order valence-electron chi connectivity index (χ2n) is 15.4. The van der Waals surface area contributed by atoms with Crippen molar-refractivity contribution in [1.29, 1.82) is 0 Å². The maximum atomic E-state index is 11.7. The fourth-order valence-electron chi connectivity index (χ4n) is 10.5. The number of aliphatic hydroxyl groups excluding tert-OH is 1. The summed E-state index contributed by atoms with van der Waals surface area (Å²) in [5, 5.41) is 19.2. The van der Waals surface area contributed by atoms with Gasteiger partial charge in [0.15, 0.2) is 0 Å². The van der Waals surface area contributed by atoms with E-state index >= 15 is 0 Å². The van der Waals surface area contributed by atoms with Gasteiger partial charge in [0.2, 0.25) is 0 Å². The van der Waals surface area contributed by atoms with Crippen LogP contribution in [0, 0.1) is 52.3 Å². The summed E-state index contributed by atoms with van der Waals surface area (Å²) in [5.74, 6) is 5.27. The number of unbranched alkanes of at least 4 members (excludes halogenated alkanes) is 1. The highest BCUT2D eigenvalue weighted by Crippen LogP contribution is 2.68. The maximum absolute atomic E-state index is 11.7. The molecule has 0 amide bonds. The Morgan fingerprint density at radius 2 is 1.55 bits per heavy atom. The predicted octanol–water partition coefficient (Wildman–Crippen LogP) is 6.76. The molecule has 0 aliphatic heterocycles. The van der Waals surface area contributed by atoms with E-state index in [1.54, 1.807) is 0 Å². The van der Waals surface area contributed by atoms with Crippen LogP contribution < -0.4 is 16.4 Å². The molecule has 0 heterocycles. The molecule has 38 heavy (non-hydrogen) atoms. The Kier molecular flexibility index (Phi) is 11.1. The lowest BCUT2D eigenvalue weighted by Crippen LogP contribution is -2.59. The van der Waals surface area contributed by atoms with Crippen molar-refractivity contribution in [1.82, 2.24) is 10.6 Å². The molecule has 0 aromatic rings. The average Bonchev–Trinajstić information content (AvgIpc) is 3.23. The Bertz CT molecular complexity index is 714. The largest absolute Gasteiger partial charge is 0.393 e. The van der Waals surface area contributed by atoms with E-state index in [4.69, 9.17) is 5.73 Å². The highest BCUT2D eigenvalue weighted by atomic mass is 16.3. The fourth-order valence-corrected chi connectivity index (χ4v) is 10.5. The summed E-state index contributed by atoms with van der Waals surface area (Å²) in [6.45, 7) is 16.7. The van der Waals surface area contributed by atoms with Gasteiger partial charge in [-0.3, -0.25) is 0 Å². The monoisotopic (exact) mass is 532 g/mol. The minimum absolute atomic E-state index is 0.0748. The standard InChI is InChI=1S/C34H65N3O/c1-24(2)10-8-11-25(3)28-12-13-29-32-30(15-17-34(28,29)5)33(4)16-14-27(22-26(33)23-31(32)38)37-21-9-20-36-19-7-6-18-35/h24-32,36-38H,6-23,35H2,1-5H3/t25?,26?,27-,28+,29?,30?,31+,32?,33-,34+/m0/s1. The number of aliphatic hydroxyl groups is 1. The second-order valence-corrected chi connectivity index (χ2v) is 15.4. The molecule has 10 atom stereocenters. The molecular formula is C34H65N3O. The SMILES string of the molecule is CC(C)CCCC(C)[C@H]1CCC2C3C(CC[C@@]21C)[C@@]1(C)CC[C@H](NCCCNCCCCN)CC1C[C@H]3O. The van der Waals surface area contributed by atoms with Crippen molar-refractivity contribution in [2.24, 2.45) is 58.0 Å². The molecule has 4 aliphatic carbocycles. The normalized spacial score (nSPS) is 41.5. The van der Waals surface area contributed by atoms with E-state index in [2.05, 4.69) is 45.3 Å². The van der Waals surface area contributed by atoms with Crippen LogP contribution in [-0.4, -0.2) is 43.4 Å². The lowest BCUT2D eigenvalue weighted by atomic mass is 9.43. The molecule has 222 valence electrons. The van der Waals surface area contributed by atoms with Gasteiger partial charge in [0.1, 0.15) is 0 Å². The third kappa shape index (κ3) is 6.66. The number of nitrogens with one attached hydrogen (secondary N) is 2. The van der Waals surface area contributed by atoms with Crippen LogP contribution >= 0.6 is 0 Å². The van der Waals surface area contributed by atoms with Crippen LogP contribution in [0.15, 0.2) is 0 Å². The molecule has 5 N–H and O–H groups in total. The van der Waals surface area contributed by atoms with E-state index in [9.17, 15) is 5.11 Å². The smallest absolute Gasteiger partial charge is 0.0577 e. The van der Waals surface area contributed by atoms with Gasteiger partial charge in [0, 0.05) is 6.04 Å². The first kappa shape index (κ1) is 30.8. The van der Waals surface area contributed by atoms with Crippen LogP contribution in [0.5, 0.6) is 0 Å². The van der Waals surface area contributed by atoms with E-state index in [1.807, 2.05) is 0 Å². The molecule has 0 radical (unpaired) electrons. The summed E-state index contributed by atoms with van der Waals surface area (Å²) in [4.78, 5) is 0. The molecule has 4 aliphatic rings. The first-order valence-electron chi connectivity index (χ1n) is 17.0. The van der Waals surface area contributed by atoms with Crippen LogP contribution in [0.1, 0.15) is 125 Å². The molecule has 4 nitrogen and oxygen atoms in total. The van der Waals surface area contributed by atoms with Crippen LogP contribution in [0.25, 0.3) is 0 Å². The van der Waals surface area contributed by atoms with Crippen molar-refractivity contribution in [3.8, 4) is 0 Å². The third-order valence-corrected chi connectivity index (χ3v) is 12.7. The minimum atomic E-state index is -0.0748. The van der Waals surface area contributed by atoms with E-state index in [1.165, 1.54) is 77.0 Å². The summed E-state index contributed by atoms with van der Waals surface area (Å²) in [7, 11) is 0. The van der Waals surface area contributed by atoms with Gasteiger partial charge < -0.3 is 21.5 Å². The van der Waals surface area contributed by atoms with E-state index in [0.717, 1.165) is 68.6 Å². The number of fused-ring (bicyclic) bond motifs is 5. The van der Waals surface area contributed by atoms with Gasteiger partial charge in [0.05, 0.1) is 6.10 Å². The molecule has 4 saturated carbocycles. The summed E-state index contributed by atoms with van der Waals surface area (Å²) < 4.78 is 0. The Hall–Kier alpha value is -0.160. The molecule has 4 rings (SSSR count). The highest BCUT2D eigenvalue weighted by Gasteiger charge is 2.62. The molecule has 0 bridgehead atoms. The van der Waals surface area contributed by atoms with Gasteiger partial charge in [-0.25, -0.2) is 0 Å². The average molecular weight is 532 g/mol. The second kappa shape index (κ2) is 13.7. The molecular weight excluding hydrogens is 466 g/mol. The Balaban J connectivity index is 1.30. The lowest BCUT2D eigenvalue weighted by Gasteiger charge is -2.62. The summed E-state index contributed by atoms with van der Waals surface area (Å²) in [6.07, 6.45) is 18.2. The van der Waals surface area contributed by atoms with Gasteiger partial charge in [0.25, 0.3) is 0 Å². The number of nitrogens with two attached hydrogens (primary N) is 1. The minimum Gasteiger partial charge on any atom is -0.393 e. The van der Waals surface area contributed by atoms with Crippen molar-refractivity contribution >= 4 is 0 Å². The van der Waals surface area contributed by atoms with Crippen molar-refractivity contribution in [2.45, 2.75) is 137 Å². The summed E-state index contributed by atoms with van der Waals surface area (Å²) in [5.41, 5.74) is 6.48. The zero-order valence-corrected chi connectivity index (χ0v) is 25.9.